The Kier molecular flexibility index (Phi) is 6.22. The van der Waals surface area contributed by atoms with Crippen LogP contribution >= 0.6 is 0 Å². The van der Waals surface area contributed by atoms with E-state index < -0.39 is 11.7 Å². The zero-order valence-corrected chi connectivity index (χ0v) is 20.3. The number of nitrogens with zero attached hydrogens (tertiary/aromatic N) is 5. The molecular formula is C26H28F3N5O2. The molecule has 2 aromatic heterocycles. The lowest BCUT2D eigenvalue weighted by Crippen LogP contribution is -2.53. The summed E-state index contributed by atoms with van der Waals surface area (Å²) in [5.41, 5.74) is 0.260. The second-order valence-corrected chi connectivity index (χ2v) is 10.0. The molecule has 1 saturated carbocycles. The lowest BCUT2D eigenvalue weighted by molar-refractivity contribution is -0.137. The van der Waals surface area contributed by atoms with Gasteiger partial charge in [0.2, 0.25) is 5.88 Å². The highest BCUT2D eigenvalue weighted by atomic mass is 19.4. The van der Waals surface area contributed by atoms with Crippen molar-refractivity contribution in [3.8, 4) is 11.6 Å². The Labute approximate surface area is 207 Å². The van der Waals surface area contributed by atoms with Gasteiger partial charge < -0.3 is 9.64 Å². The summed E-state index contributed by atoms with van der Waals surface area (Å²) >= 11 is 0. The van der Waals surface area contributed by atoms with E-state index in [4.69, 9.17) is 4.74 Å². The van der Waals surface area contributed by atoms with Crippen LogP contribution in [0.25, 0.3) is 5.69 Å². The number of para-hydroxylation sites is 1. The van der Waals surface area contributed by atoms with Crippen LogP contribution in [0, 0.1) is 17.8 Å². The topological polar surface area (TPSA) is 73.1 Å². The number of likely N-dealkylation sites (tertiary alicyclic amines) is 1. The van der Waals surface area contributed by atoms with Crippen molar-refractivity contribution < 1.29 is 22.7 Å². The molecule has 0 spiro atoms. The number of halogens is 3. The van der Waals surface area contributed by atoms with Gasteiger partial charge in [0.05, 0.1) is 35.2 Å². The maximum absolute atomic E-state index is 14.1. The van der Waals surface area contributed by atoms with Gasteiger partial charge in [0.15, 0.2) is 0 Å². The third kappa shape index (κ3) is 4.33. The molecule has 2 fully saturated rings. The first-order valence-electron chi connectivity index (χ1n) is 12.1. The fourth-order valence-electron chi connectivity index (χ4n) is 5.84. The molecular weight excluding hydrogens is 471 g/mol. The number of amides is 1. The molecule has 1 aliphatic heterocycles. The van der Waals surface area contributed by atoms with Crippen LogP contribution in [-0.2, 0) is 6.18 Å². The summed E-state index contributed by atoms with van der Waals surface area (Å²) in [5, 5.41) is 8.41. The van der Waals surface area contributed by atoms with Crippen LogP contribution in [0.4, 0.5) is 13.2 Å². The summed E-state index contributed by atoms with van der Waals surface area (Å²) in [6, 6.07) is 9.26. The SMILES string of the molecule is CC(C)CC1C2CC(Oc3ccc(C(F)(F)F)cn3)C([C@H]2C)N1C(=O)c1ccccc1-n1nccn1. The molecule has 7 nitrogen and oxygen atoms in total. The van der Waals surface area contributed by atoms with Crippen LogP contribution in [0.15, 0.2) is 55.0 Å². The molecule has 190 valence electrons. The molecule has 4 unspecified atom stereocenters. The Morgan fingerprint density at radius 3 is 2.50 bits per heavy atom. The monoisotopic (exact) mass is 499 g/mol. The van der Waals surface area contributed by atoms with Crippen molar-refractivity contribution in [2.24, 2.45) is 17.8 Å². The molecule has 1 aliphatic carbocycles. The van der Waals surface area contributed by atoms with Crippen LogP contribution in [0.3, 0.4) is 0 Å². The van der Waals surface area contributed by atoms with E-state index in [2.05, 4.69) is 36.0 Å². The maximum atomic E-state index is 14.1. The van der Waals surface area contributed by atoms with E-state index in [9.17, 15) is 18.0 Å². The lowest BCUT2D eigenvalue weighted by atomic mass is 9.87. The van der Waals surface area contributed by atoms with Gasteiger partial charge in [0, 0.05) is 18.3 Å². The van der Waals surface area contributed by atoms with Gasteiger partial charge in [-0.2, -0.15) is 28.2 Å². The normalized spacial score (nSPS) is 25.5. The number of rotatable bonds is 6. The summed E-state index contributed by atoms with van der Waals surface area (Å²) in [4.78, 5) is 21.4. The highest BCUT2D eigenvalue weighted by Crippen LogP contribution is 2.50. The van der Waals surface area contributed by atoms with E-state index >= 15 is 0 Å². The number of alkyl halides is 3. The number of hydrogen-bond acceptors (Lipinski definition) is 5. The van der Waals surface area contributed by atoms with Crippen molar-refractivity contribution in [1.29, 1.82) is 0 Å². The average molecular weight is 500 g/mol. The van der Waals surface area contributed by atoms with E-state index in [0.29, 0.717) is 17.2 Å². The zero-order valence-electron chi connectivity index (χ0n) is 20.3. The molecule has 10 heteroatoms. The fraction of sp³-hybridized carbons (Fsp3) is 0.462. The first-order valence-corrected chi connectivity index (χ1v) is 12.1. The second kappa shape index (κ2) is 9.22. The highest BCUT2D eigenvalue weighted by molar-refractivity contribution is 5.98. The average Bonchev–Trinajstić information content (AvgIpc) is 3.53. The van der Waals surface area contributed by atoms with Crippen LogP contribution in [0.1, 0.15) is 49.5 Å². The molecule has 1 saturated heterocycles. The van der Waals surface area contributed by atoms with Crippen LogP contribution in [-0.4, -0.2) is 49.0 Å². The third-order valence-electron chi connectivity index (χ3n) is 7.32. The van der Waals surface area contributed by atoms with Gasteiger partial charge in [-0.25, -0.2) is 4.98 Å². The summed E-state index contributed by atoms with van der Waals surface area (Å²) in [6.07, 6.45) is 0.646. The summed E-state index contributed by atoms with van der Waals surface area (Å²) in [7, 11) is 0. The van der Waals surface area contributed by atoms with Gasteiger partial charge in [-0.1, -0.05) is 32.9 Å². The van der Waals surface area contributed by atoms with E-state index in [-0.39, 0.29) is 41.8 Å². The fourth-order valence-corrected chi connectivity index (χ4v) is 5.84. The highest BCUT2D eigenvalue weighted by Gasteiger charge is 2.58. The van der Waals surface area contributed by atoms with Crippen molar-refractivity contribution in [1.82, 2.24) is 24.9 Å². The molecule has 1 amide bonds. The Hall–Kier alpha value is -3.43. The number of piperidine rings is 1. The van der Waals surface area contributed by atoms with E-state index in [0.717, 1.165) is 25.1 Å². The van der Waals surface area contributed by atoms with E-state index in [1.807, 2.05) is 23.1 Å². The van der Waals surface area contributed by atoms with Crippen molar-refractivity contribution >= 4 is 5.91 Å². The Bertz CT molecular complexity index is 1210. The minimum absolute atomic E-state index is 0.0385. The van der Waals surface area contributed by atoms with Crippen LogP contribution in [0.2, 0.25) is 0 Å². The number of pyridine rings is 1. The summed E-state index contributed by atoms with van der Waals surface area (Å²) in [5.74, 6) is 0.780. The van der Waals surface area contributed by atoms with E-state index in [1.54, 1.807) is 18.5 Å². The molecule has 36 heavy (non-hydrogen) atoms. The molecule has 2 aliphatic rings. The Morgan fingerprint density at radius 1 is 1.14 bits per heavy atom. The van der Waals surface area contributed by atoms with Crippen LogP contribution in [0.5, 0.6) is 5.88 Å². The number of aromatic nitrogens is 4. The van der Waals surface area contributed by atoms with Gasteiger partial charge in [-0.3, -0.25) is 4.79 Å². The predicted octanol–water partition coefficient (Wildman–Crippen LogP) is 5.02. The standard InChI is InChI=1S/C26H28F3N5O2/c1-15(2)12-21-19-13-22(36-23-9-8-17(14-30-23)26(27,28)29)24(16(19)3)33(21)25(35)18-6-4-5-7-20(18)34-31-10-11-32-34/h4-11,14-16,19,21-22,24H,12-13H2,1-3H3/t16-,19?,21?,22?,24?/m0/s1. The minimum Gasteiger partial charge on any atom is -0.472 e. The molecule has 5 rings (SSSR count). The molecule has 0 N–H and O–H groups in total. The quantitative estimate of drug-likeness (QED) is 0.476. The van der Waals surface area contributed by atoms with Gasteiger partial charge in [-0.15, -0.1) is 0 Å². The van der Waals surface area contributed by atoms with Crippen molar-refractivity contribution in [2.45, 2.75) is 58.0 Å². The van der Waals surface area contributed by atoms with Crippen molar-refractivity contribution in [3.63, 3.8) is 0 Å². The smallest absolute Gasteiger partial charge is 0.417 e. The first-order chi connectivity index (χ1) is 17.1. The molecule has 3 heterocycles. The van der Waals surface area contributed by atoms with Crippen molar-refractivity contribution in [3.05, 3.63) is 66.1 Å². The number of fused-ring (bicyclic) bond motifs is 2. The van der Waals surface area contributed by atoms with E-state index in [1.165, 1.54) is 10.9 Å². The molecule has 1 aromatic carbocycles. The third-order valence-corrected chi connectivity index (χ3v) is 7.32. The zero-order chi connectivity index (χ0) is 25.6. The van der Waals surface area contributed by atoms with Gasteiger partial charge in [-0.05, 0) is 48.8 Å². The van der Waals surface area contributed by atoms with Gasteiger partial charge in [0.1, 0.15) is 6.10 Å². The Balaban J connectivity index is 1.46. The molecule has 3 aromatic rings. The Morgan fingerprint density at radius 2 is 1.86 bits per heavy atom. The van der Waals surface area contributed by atoms with Gasteiger partial charge in [0.25, 0.3) is 5.91 Å². The number of benzene rings is 1. The summed E-state index contributed by atoms with van der Waals surface area (Å²) < 4.78 is 45.0. The number of carbonyl (C=O) groups excluding carboxylic acids is 1. The minimum atomic E-state index is -4.46. The first kappa shape index (κ1) is 24.3. The lowest BCUT2D eigenvalue weighted by Gasteiger charge is -2.40. The maximum Gasteiger partial charge on any atom is 0.417 e. The number of ether oxygens (including phenoxy) is 1. The molecule has 5 atom stereocenters. The summed E-state index contributed by atoms with van der Waals surface area (Å²) in [6.45, 7) is 6.41. The largest absolute Gasteiger partial charge is 0.472 e. The van der Waals surface area contributed by atoms with Gasteiger partial charge >= 0.3 is 6.18 Å². The number of carbonyl (C=O) groups is 1. The predicted molar refractivity (Wildman–Crippen MR) is 125 cm³/mol. The second-order valence-electron chi connectivity index (χ2n) is 10.0. The molecule has 0 radical (unpaired) electrons. The van der Waals surface area contributed by atoms with Crippen LogP contribution < -0.4 is 4.74 Å². The number of hydrogen-bond donors (Lipinski definition) is 0. The van der Waals surface area contributed by atoms with Crippen molar-refractivity contribution in [2.75, 3.05) is 0 Å². The molecule has 2 bridgehead atoms.